The molecule has 1 saturated heterocycles. The van der Waals surface area contributed by atoms with Crippen LogP contribution in [0.15, 0.2) is 29.1 Å². The van der Waals surface area contributed by atoms with Crippen molar-refractivity contribution in [1.29, 1.82) is 0 Å². The smallest absolute Gasteiger partial charge is 0.270 e. The molecule has 6 heteroatoms. The molecule has 0 saturated carbocycles. The number of nitrogens with one attached hydrogen (secondary N) is 1. The van der Waals surface area contributed by atoms with E-state index in [4.69, 9.17) is 11.6 Å². The van der Waals surface area contributed by atoms with E-state index in [1.165, 1.54) is 5.56 Å². The summed E-state index contributed by atoms with van der Waals surface area (Å²) < 4.78 is 1.91. The molecule has 0 aliphatic carbocycles. The fraction of sp³-hybridized carbons (Fsp3) is 0.526. The molecule has 1 N–H and O–H groups in total. The highest BCUT2D eigenvalue weighted by Crippen LogP contribution is 2.23. The van der Waals surface area contributed by atoms with Gasteiger partial charge in [0.05, 0.1) is 11.7 Å². The first-order chi connectivity index (χ1) is 12.1. The summed E-state index contributed by atoms with van der Waals surface area (Å²) in [6, 6.07) is 8.34. The maximum Gasteiger partial charge on any atom is 0.270 e. The second kappa shape index (κ2) is 6.98. The minimum absolute atomic E-state index is 0.204. The number of hydrogen-bond acceptors (Lipinski definition) is 3. The van der Waals surface area contributed by atoms with E-state index in [2.05, 4.69) is 34.1 Å². The van der Waals surface area contributed by atoms with Gasteiger partial charge in [-0.25, -0.2) is 4.68 Å². The molecule has 134 valence electrons. The molecule has 2 aromatic rings. The number of halogens is 1. The van der Waals surface area contributed by atoms with Gasteiger partial charge in [-0.2, -0.15) is 0 Å². The quantitative estimate of drug-likeness (QED) is 0.915. The first kappa shape index (κ1) is 16.9. The summed E-state index contributed by atoms with van der Waals surface area (Å²) in [6.45, 7) is 4.74. The second-order valence-electron chi connectivity index (χ2n) is 7.37. The van der Waals surface area contributed by atoms with Crippen LogP contribution < -0.4 is 5.56 Å². The first-order valence-electron chi connectivity index (χ1n) is 9.08. The normalized spacial score (nSPS) is 19.9. The largest absolute Gasteiger partial charge is 0.306 e. The minimum atomic E-state index is 0.204. The molecule has 1 fully saturated rings. The van der Waals surface area contributed by atoms with Crippen molar-refractivity contribution in [1.82, 2.24) is 19.6 Å². The number of fused-ring (bicyclic) bond motifs is 1. The Morgan fingerprint density at radius 1 is 1.16 bits per heavy atom. The Hall–Kier alpha value is -1.56. The zero-order valence-corrected chi connectivity index (χ0v) is 15.4. The van der Waals surface area contributed by atoms with Crippen molar-refractivity contribution in [2.75, 3.05) is 26.7 Å². The van der Waals surface area contributed by atoms with Crippen LogP contribution in [0.3, 0.4) is 0 Å². The van der Waals surface area contributed by atoms with Crippen LogP contribution in [0, 0.1) is 0 Å². The first-order valence-corrected chi connectivity index (χ1v) is 9.45. The van der Waals surface area contributed by atoms with Gasteiger partial charge in [0.1, 0.15) is 0 Å². The van der Waals surface area contributed by atoms with Gasteiger partial charge in [0.2, 0.25) is 0 Å². The Kier molecular flexibility index (Phi) is 4.71. The Morgan fingerprint density at radius 3 is 2.60 bits per heavy atom. The van der Waals surface area contributed by atoms with Crippen LogP contribution in [0.1, 0.15) is 35.7 Å². The highest BCUT2D eigenvalue weighted by atomic mass is 35.5. The van der Waals surface area contributed by atoms with Crippen molar-refractivity contribution in [2.45, 2.75) is 38.4 Å². The molecule has 0 spiro atoms. The molecule has 1 aromatic heterocycles. The van der Waals surface area contributed by atoms with Crippen LogP contribution in [-0.4, -0.2) is 46.3 Å². The molecule has 0 atom stereocenters. The summed E-state index contributed by atoms with van der Waals surface area (Å²) in [5.74, 6) is 0. The molecule has 1 aromatic carbocycles. The predicted molar refractivity (Wildman–Crippen MR) is 100 cm³/mol. The van der Waals surface area contributed by atoms with Crippen molar-refractivity contribution < 1.29 is 0 Å². The van der Waals surface area contributed by atoms with E-state index in [1.54, 1.807) is 0 Å². The standard InChI is InChI=1S/C19H25ClN4O/c1-22-9-6-16(7-10-22)24-19(25)17-8-11-23(13-18(17)21-24)12-14-2-4-15(20)5-3-14/h2-5,16,21H,6-13H2,1H3. The molecule has 0 radical (unpaired) electrons. The fourth-order valence-corrected chi connectivity index (χ4v) is 4.12. The predicted octanol–water partition coefficient (Wildman–Crippen LogP) is 2.65. The monoisotopic (exact) mass is 360 g/mol. The summed E-state index contributed by atoms with van der Waals surface area (Å²) in [6.07, 6.45) is 2.92. The second-order valence-corrected chi connectivity index (χ2v) is 7.80. The van der Waals surface area contributed by atoms with Gasteiger partial charge in [0, 0.05) is 30.2 Å². The van der Waals surface area contributed by atoms with Crippen LogP contribution in [-0.2, 0) is 19.5 Å². The van der Waals surface area contributed by atoms with Gasteiger partial charge in [-0.1, -0.05) is 23.7 Å². The van der Waals surface area contributed by atoms with Crippen LogP contribution in [0.5, 0.6) is 0 Å². The highest BCUT2D eigenvalue weighted by Gasteiger charge is 2.26. The minimum Gasteiger partial charge on any atom is -0.306 e. The number of benzene rings is 1. The number of rotatable bonds is 3. The SMILES string of the molecule is CN1CCC(n2[nH]c3c(c2=O)CCN(Cc2ccc(Cl)cc2)C3)CC1. The van der Waals surface area contributed by atoms with E-state index in [1.807, 2.05) is 16.8 Å². The number of hydrogen-bond donors (Lipinski definition) is 1. The summed E-state index contributed by atoms with van der Waals surface area (Å²) >= 11 is 5.97. The average molecular weight is 361 g/mol. The van der Waals surface area contributed by atoms with Crippen LogP contribution in [0.25, 0.3) is 0 Å². The molecule has 0 unspecified atom stereocenters. The lowest BCUT2D eigenvalue weighted by Gasteiger charge is -2.29. The lowest BCUT2D eigenvalue weighted by molar-refractivity contribution is 0.208. The van der Waals surface area contributed by atoms with E-state index in [9.17, 15) is 4.79 Å². The Labute approximate surface area is 153 Å². The molecule has 25 heavy (non-hydrogen) atoms. The summed E-state index contributed by atoms with van der Waals surface area (Å²) in [5.41, 5.74) is 3.55. The number of piperidine rings is 1. The highest BCUT2D eigenvalue weighted by molar-refractivity contribution is 6.30. The molecule has 5 nitrogen and oxygen atoms in total. The molecular weight excluding hydrogens is 336 g/mol. The van der Waals surface area contributed by atoms with Crippen LogP contribution in [0.4, 0.5) is 0 Å². The Bertz CT molecular complexity index is 787. The van der Waals surface area contributed by atoms with Crippen molar-refractivity contribution in [3.05, 3.63) is 56.5 Å². The van der Waals surface area contributed by atoms with E-state index >= 15 is 0 Å². The van der Waals surface area contributed by atoms with Crippen molar-refractivity contribution in [3.8, 4) is 0 Å². The van der Waals surface area contributed by atoms with Gasteiger partial charge < -0.3 is 4.90 Å². The molecule has 2 aliphatic heterocycles. The van der Waals surface area contributed by atoms with Gasteiger partial charge in [-0.3, -0.25) is 14.8 Å². The maximum atomic E-state index is 12.8. The molecule has 2 aliphatic rings. The fourth-order valence-electron chi connectivity index (χ4n) is 3.99. The van der Waals surface area contributed by atoms with Gasteiger partial charge in [0.15, 0.2) is 0 Å². The van der Waals surface area contributed by atoms with E-state index < -0.39 is 0 Å². The molecule has 3 heterocycles. The summed E-state index contributed by atoms with van der Waals surface area (Å²) in [5, 5.41) is 4.20. The molecule has 0 amide bonds. The number of H-pyrrole nitrogens is 1. The number of likely N-dealkylation sites (tertiary alicyclic amines) is 1. The Balaban J connectivity index is 1.48. The van der Waals surface area contributed by atoms with Crippen LogP contribution in [0.2, 0.25) is 5.02 Å². The Morgan fingerprint density at radius 2 is 1.88 bits per heavy atom. The molecule has 4 rings (SSSR count). The van der Waals surface area contributed by atoms with Gasteiger partial charge >= 0.3 is 0 Å². The third-order valence-corrected chi connectivity index (χ3v) is 5.78. The third-order valence-electron chi connectivity index (χ3n) is 5.53. The van der Waals surface area contributed by atoms with E-state index in [0.717, 1.165) is 68.3 Å². The zero-order valence-electron chi connectivity index (χ0n) is 14.7. The van der Waals surface area contributed by atoms with Gasteiger partial charge in [-0.05, 0) is 57.1 Å². The molecule has 0 bridgehead atoms. The summed E-state index contributed by atoms with van der Waals surface area (Å²) in [7, 11) is 2.15. The zero-order chi connectivity index (χ0) is 17.4. The lowest BCUT2D eigenvalue weighted by atomic mass is 10.1. The van der Waals surface area contributed by atoms with Crippen molar-refractivity contribution >= 4 is 11.6 Å². The lowest BCUT2D eigenvalue weighted by Crippen LogP contribution is -2.35. The van der Waals surface area contributed by atoms with Crippen LogP contribution >= 0.6 is 11.6 Å². The van der Waals surface area contributed by atoms with Crippen molar-refractivity contribution in [2.24, 2.45) is 0 Å². The number of aromatic amines is 1. The number of nitrogens with zero attached hydrogens (tertiary/aromatic N) is 3. The summed E-state index contributed by atoms with van der Waals surface area (Å²) in [4.78, 5) is 17.5. The molecular formula is C19H25ClN4O. The van der Waals surface area contributed by atoms with E-state index in [0.29, 0.717) is 6.04 Å². The van der Waals surface area contributed by atoms with E-state index in [-0.39, 0.29) is 5.56 Å². The average Bonchev–Trinajstić information content (AvgIpc) is 2.94. The third kappa shape index (κ3) is 3.54. The topological polar surface area (TPSA) is 44.3 Å². The van der Waals surface area contributed by atoms with Gasteiger partial charge in [-0.15, -0.1) is 0 Å². The van der Waals surface area contributed by atoms with Gasteiger partial charge in [0.25, 0.3) is 5.56 Å². The van der Waals surface area contributed by atoms with Crippen molar-refractivity contribution in [3.63, 3.8) is 0 Å². The maximum absolute atomic E-state index is 12.8. The number of aromatic nitrogens is 2.